The normalized spacial score (nSPS) is 11.0. The zero-order valence-corrected chi connectivity index (χ0v) is 13.1. The molecule has 0 aliphatic rings. The van der Waals surface area contributed by atoms with Crippen LogP contribution in [-0.2, 0) is 0 Å². The summed E-state index contributed by atoms with van der Waals surface area (Å²) < 4.78 is 0. The van der Waals surface area contributed by atoms with Gasteiger partial charge in [-0.05, 0) is 32.9 Å². The number of nitro benzene ring substituents is 1. The molecule has 0 saturated heterocycles. The van der Waals surface area contributed by atoms with Gasteiger partial charge in [0.25, 0.3) is 11.6 Å². The van der Waals surface area contributed by atoms with E-state index in [4.69, 9.17) is 18.0 Å². The SMILES string of the molecule is CC(C)(C)N(CCC(N)=S)C(=O)c1ccc([N+](=O)[O-])cc1. The summed E-state index contributed by atoms with van der Waals surface area (Å²) in [5, 5.41) is 10.6. The standard InChI is InChI=1S/C14H19N3O3S/c1-14(2,3)16(9-8-12(15)21)13(18)10-4-6-11(7-5-10)17(19)20/h4-7H,8-9H2,1-3H3,(H2,15,21). The highest BCUT2D eigenvalue weighted by Crippen LogP contribution is 2.19. The van der Waals surface area contributed by atoms with Gasteiger partial charge in [0.05, 0.1) is 9.91 Å². The minimum absolute atomic E-state index is 0.0444. The van der Waals surface area contributed by atoms with Crippen molar-refractivity contribution in [3.05, 3.63) is 39.9 Å². The summed E-state index contributed by atoms with van der Waals surface area (Å²) in [6.45, 7) is 6.15. The van der Waals surface area contributed by atoms with Gasteiger partial charge in [-0.1, -0.05) is 12.2 Å². The van der Waals surface area contributed by atoms with E-state index in [0.717, 1.165) is 0 Å². The maximum atomic E-state index is 12.6. The number of carbonyl (C=O) groups is 1. The Balaban J connectivity index is 2.99. The number of non-ortho nitro benzene ring substituents is 1. The molecule has 0 fully saturated rings. The van der Waals surface area contributed by atoms with Crippen LogP contribution in [-0.4, -0.2) is 32.8 Å². The second-order valence-corrected chi connectivity index (χ2v) is 6.17. The lowest BCUT2D eigenvalue weighted by atomic mass is 10.0. The first kappa shape index (κ1) is 17.0. The molecule has 0 heterocycles. The van der Waals surface area contributed by atoms with E-state index in [1.54, 1.807) is 4.90 Å². The Morgan fingerprint density at radius 1 is 1.33 bits per heavy atom. The van der Waals surface area contributed by atoms with Gasteiger partial charge in [-0.3, -0.25) is 14.9 Å². The fourth-order valence-corrected chi connectivity index (χ4v) is 1.94. The molecule has 7 heteroatoms. The highest BCUT2D eigenvalue weighted by atomic mass is 32.1. The minimum Gasteiger partial charge on any atom is -0.393 e. The first-order valence-electron chi connectivity index (χ1n) is 6.47. The number of hydrogen-bond donors (Lipinski definition) is 1. The van der Waals surface area contributed by atoms with Crippen molar-refractivity contribution in [1.82, 2.24) is 4.90 Å². The van der Waals surface area contributed by atoms with Crippen molar-refractivity contribution in [3.8, 4) is 0 Å². The fraction of sp³-hybridized carbons (Fsp3) is 0.429. The molecule has 0 aromatic heterocycles. The van der Waals surface area contributed by atoms with Crippen LogP contribution in [0, 0.1) is 10.1 Å². The van der Waals surface area contributed by atoms with Crippen LogP contribution < -0.4 is 5.73 Å². The molecule has 114 valence electrons. The van der Waals surface area contributed by atoms with Gasteiger partial charge in [0, 0.05) is 36.2 Å². The van der Waals surface area contributed by atoms with Gasteiger partial charge in [0.1, 0.15) is 0 Å². The number of thiocarbonyl (C=S) groups is 1. The van der Waals surface area contributed by atoms with Gasteiger partial charge in [0.15, 0.2) is 0 Å². The van der Waals surface area contributed by atoms with Crippen LogP contribution in [0.15, 0.2) is 24.3 Å². The van der Waals surface area contributed by atoms with Gasteiger partial charge in [-0.15, -0.1) is 0 Å². The number of nitrogens with zero attached hydrogens (tertiary/aromatic N) is 2. The van der Waals surface area contributed by atoms with Gasteiger partial charge >= 0.3 is 0 Å². The molecule has 1 aromatic carbocycles. The van der Waals surface area contributed by atoms with E-state index < -0.39 is 10.5 Å². The monoisotopic (exact) mass is 309 g/mol. The molecular formula is C14H19N3O3S. The van der Waals surface area contributed by atoms with Gasteiger partial charge in [-0.25, -0.2) is 0 Å². The first-order valence-corrected chi connectivity index (χ1v) is 6.88. The van der Waals surface area contributed by atoms with Crippen molar-refractivity contribution in [1.29, 1.82) is 0 Å². The number of nitrogens with two attached hydrogens (primary N) is 1. The highest BCUT2D eigenvalue weighted by molar-refractivity contribution is 7.80. The molecule has 0 unspecified atom stereocenters. The second kappa shape index (κ2) is 6.62. The summed E-state index contributed by atoms with van der Waals surface area (Å²) in [6, 6.07) is 5.56. The smallest absolute Gasteiger partial charge is 0.269 e. The van der Waals surface area contributed by atoms with E-state index in [1.165, 1.54) is 24.3 Å². The van der Waals surface area contributed by atoms with Crippen LogP contribution in [0.25, 0.3) is 0 Å². The topological polar surface area (TPSA) is 89.5 Å². The minimum atomic E-state index is -0.497. The number of carbonyl (C=O) groups excluding carboxylic acids is 1. The van der Waals surface area contributed by atoms with Crippen LogP contribution in [0.3, 0.4) is 0 Å². The highest BCUT2D eigenvalue weighted by Gasteiger charge is 2.27. The summed E-state index contributed by atoms with van der Waals surface area (Å²) in [6.07, 6.45) is 0.436. The predicted octanol–water partition coefficient (Wildman–Crippen LogP) is 2.51. The molecule has 2 N–H and O–H groups in total. The summed E-state index contributed by atoms with van der Waals surface area (Å²) in [4.78, 5) is 24.7. The van der Waals surface area contributed by atoms with Crippen molar-refractivity contribution in [2.24, 2.45) is 5.73 Å². The molecule has 0 bridgehead atoms. The molecule has 1 amide bonds. The van der Waals surface area contributed by atoms with Crippen LogP contribution in [0.1, 0.15) is 37.6 Å². The zero-order chi connectivity index (χ0) is 16.2. The lowest BCUT2D eigenvalue weighted by Crippen LogP contribution is -2.46. The predicted molar refractivity (Wildman–Crippen MR) is 85.3 cm³/mol. The summed E-state index contributed by atoms with van der Waals surface area (Å²) in [5.74, 6) is -0.200. The van der Waals surface area contributed by atoms with Gasteiger partial charge < -0.3 is 10.6 Å². The number of hydrogen-bond acceptors (Lipinski definition) is 4. The van der Waals surface area contributed by atoms with Crippen molar-refractivity contribution in [3.63, 3.8) is 0 Å². The van der Waals surface area contributed by atoms with Crippen molar-refractivity contribution >= 4 is 28.8 Å². The van der Waals surface area contributed by atoms with Gasteiger partial charge in [0.2, 0.25) is 0 Å². The Bertz CT molecular complexity index is 550. The molecule has 1 rings (SSSR count). The molecule has 0 aliphatic heterocycles. The van der Waals surface area contributed by atoms with E-state index in [0.29, 0.717) is 23.5 Å². The Morgan fingerprint density at radius 2 is 1.86 bits per heavy atom. The average molecular weight is 309 g/mol. The van der Waals surface area contributed by atoms with Gasteiger partial charge in [-0.2, -0.15) is 0 Å². The zero-order valence-electron chi connectivity index (χ0n) is 12.3. The third kappa shape index (κ3) is 4.78. The molecule has 21 heavy (non-hydrogen) atoms. The van der Waals surface area contributed by atoms with Crippen molar-refractivity contribution in [2.75, 3.05) is 6.54 Å². The van der Waals surface area contributed by atoms with E-state index in [9.17, 15) is 14.9 Å². The van der Waals surface area contributed by atoms with E-state index in [1.807, 2.05) is 20.8 Å². The van der Waals surface area contributed by atoms with Crippen molar-refractivity contribution < 1.29 is 9.72 Å². The Hall–Kier alpha value is -2.02. The number of nitro groups is 1. The lowest BCUT2D eigenvalue weighted by molar-refractivity contribution is -0.384. The van der Waals surface area contributed by atoms with Crippen molar-refractivity contribution in [2.45, 2.75) is 32.7 Å². The second-order valence-electron chi connectivity index (χ2n) is 5.65. The molecule has 6 nitrogen and oxygen atoms in total. The summed E-state index contributed by atoms with van der Waals surface area (Å²) >= 11 is 4.85. The van der Waals surface area contributed by atoms with Crippen LogP contribution in [0.2, 0.25) is 0 Å². The maximum absolute atomic E-state index is 12.6. The molecule has 1 aromatic rings. The Labute approximate surface area is 129 Å². The van der Waals surface area contributed by atoms with Crippen LogP contribution >= 0.6 is 12.2 Å². The van der Waals surface area contributed by atoms with E-state index >= 15 is 0 Å². The molecule has 0 spiro atoms. The molecule has 0 atom stereocenters. The maximum Gasteiger partial charge on any atom is 0.269 e. The Kier molecular flexibility index (Phi) is 5.37. The fourth-order valence-electron chi connectivity index (χ4n) is 1.85. The van der Waals surface area contributed by atoms with E-state index in [2.05, 4.69) is 0 Å². The molecule has 0 aliphatic carbocycles. The third-order valence-corrected chi connectivity index (χ3v) is 3.17. The third-order valence-electron chi connectivity index (χ3n) is 2.96. The number of amides is 1. The average Bonchev–Trinajstić information content (AvgIpc) is 2.36. The molecule has 0 saturated carbocycles. The lowest BCUT2D eigenvalue weighted by Gasteiger charge is -2.35. The quantitative estimate of drug-likeness (QED) is 0.513. The van der Waals surface area contributed by atoms with E-state index in [-0.39, 0.29) is 11.6 Å². The summed E-state index contributed by atoms with van der Waals surface area (Å²) in [5.41, 5.74) is 5.45. The molecule has 0 radical (unpaired) electrons. The summed E-state index contributed by atoms with van der Waals surface area (Å²) in [7, 11) is 0. The Morgan fingerprint density at radius 3 is 2.24 bits per heavy atom. The number of benzene rings is 1. The number of rotatable bonds is 5. The molecular weight excluding hydrogens is 290 g/mol. The largest absolute Gasteiger partial charge is 0.393 e. The van der Waals surface area contributed by atoms with Crippen LogP contribution in [0.5, 0.6) is 0 Å². The van der Waals surface area contributed by atoms with Crippen LogP contribution in [0.4, 0.5) is 5.69 Å². The first-order chi connectivity index (χ1) is 9.62.